The topological polar surface area (TPSA) is 33.1 Å². The largest absolute Gasteiger partial charge is 0.492 e. The van der Waals surface area contributed by atoms with Gasteiger partial charge in [0.1, 0.15) is 0 Å². The number of hydrogen-bond donors (Lipinski definition) is 1. The zero-order chi connectivity index (χ0) is 5.98. The Hall–Kier alpha value is -0.570. The molecular weight excluding hydrogens is 122 g/mol. The maximum absolute atomic E-state index is 8.85. The molecule has 0 atom stereocenters. The zero-order valence-electron chi connectivity index (χ0n) is 4.59. The van der Waals surface area contributed by atoms with E-state index in [2.05, 4.69) is 4.98 Å². The van der Waals surface area contributed by atoms with Crippen LogP contribution in [0, 0.1) is 0 Å². The van der Waals surface area contributed by atoms with Crippen molar-refractivity contribution in [2.24, 2.45) is 0 Å². The van der Waals surface area contributed by atoms with E-state index in [1.807, 2.05) is 6.92 Å². The maximum Gasteiger partial charge on any atom is 0.225 e. The van der Waals surface area contributed by atoms with Gasteiger partial charge in [0.2, 0.25) is 5.88 Å². The van der Waals surface area contributed by atoms with E-state index in [0.717, 1.165) is 11.3 Å². The third kappa shape index (κ3) is 0.816. The maximum atomic E-state index is 8.85. The van der Waals surface area contributed by atoms with E-state index in [1.165, 1.54) is 11.3 Å². The molecule has 0 aromatic carbocycles. The van der Waals surface area contributed by atoms with Crippen LogP contribution in [0.4, 0.5) is 0 Å². The van der Waals surface area contributed by atoms with E-state index in [9.17, 15) is 0 Å². The van der Waals surface area contributed by atoms with E-state index in [0.29, 0.717) is 0 Å². The summed E-state index contributed by atoms with van der Waals surface area (Å²) in [6.07, 6.45) is 0.872. The summed E-state index contributed by atoms with van der Waals surface area (Å²) in [6.45, 7) is 1.99. The quantitative estimate of drug-likeness (QED) is 0.622. The molecule has 0 fully saturated rings. The molecule has 0 aliphatic rings. The first-order valence-electron chi connectivity index (χ1n) is 2.46. The Morgan fingerprint density at radius 2 is 2.62 bits per heavy atom. The van der Waals surface area contributed by atoms with Crippen LogP contribution >= 0.6 is 11.3 Å². The average Bonchev–Trinajstić information content (AvgIpc) is 2.14. The van der Waals surface area contributed by atoms with Crippen molar-refractivity contribution >= 4 is 11.3 Å². The van der Waals surface area contributed by atoms with Crippen LogP contribution in [0.5, 0.6) is 5.88 Å². The summed E-state index contributed by atoms with van der Waals surface area (Å²) < 4.78 is 0. The lowest BCUT2D eigenvalue weighted by molar-refractivity contribution is 0.452. The molecule has 1 aromatic rings. The van der Waals surface area contributed by atoms with Crippen LogP contribution in [-0.2, 0) is 6.42 Å². The summed E-state index contributed by atoms with van der Waals surface area (Å²) in [5.41, 5.74) is 1.65. The predicted octanol–water partition coefficient (Wildman–Crippen LogP) is 1.41. The number of rotatable bonds is 1. The van der Waals surface area contributed by atoms with Gasteiger partial charge < -0.3 is 5.11 Å². The van der Waals surface area contributed by atoms with Crippen molar-refractivity contribution in [2.45, 2.75) is 13.3 Å². The van der Waals surface area contributed by atoms with Gasteiger partial charge in [-0.25, -0.2) is 4.98 Å². The van der Waals surface area contributed by atoms with E-state index in [4.69, 9.17) is 5.11 Å². The monoisotopic (exact) mass is 129 g/mol. The molecule has 2 nitrogen and oxygen atoms in total. The van der Waals surface area contributed by atoms with Gasteiger partial charge in [0, 0.05) is 0 Å². The lowest BCUT2D eigenvalue weighted by atomic mass is 10.4. The van der Waals surface area contributed by atoms with E-state index in [-0.39, 0.29) is 5.88 Å². The molecule has 8 heavy (non-hydrogen) atoms. The number of aryl methyl sites for hydroxylation is 1. The fraction of sp³-hybridized carbons (Fsp3) is 0.400. The van der Waals surface area contributed by atoms with Crippen molar-refractivity contribution in [1.82, 2.24) is 4.98 Å². The Morgan fingerprint density at radius 1 is 1.88 bits per heavy atom. The Kier molecular flexibility index (Phi) is 1.48. The molecule has 3 heteroatoms. The lowest BCUT2D eigenvalue weighted by Crippen LogP contribution is -1.70. The number of aromatic hydroxyl groups is 1. The molecule has 0 spiro atoms. The highest BCUT2D eigenvalue weighted by Crippen LogP contribution is 2.18. The molecule has 0 saturated carbocycles. The highest BCUT2D eigenvalue weighted by molar-refractivity contribution is 7.09. The fourth-order valence-corrected chi connectivity index (χ4v) is 1.11. The van der Waals surface area contributed by atoms with Gasteiger partial charge in [0.05, 0.1) is 10.4 Å². The first-order valence-corrected chi connectivity index (χ1v) is 3.34. The minimum atomic E-state index is 0.192. The summed E-state index contributed by atoms with van der Waals surface area (Å²) in [5, 5.41) is 8.85. The molecule has 0 aliphatic heterocycles. The molecule has 0 aliphatic carbocycles. The molecule has 0 amide bonds. The second kappa shape index (κ2) is 2.13. The molecule has 44 valence electrons. The van der Waals surface area contributed by atoms with Gasteiger partial charge in [-0.1, -0.05) is 6.92 Å². The zero-order valence-corrected chi connectivity index (χ0v) is 5.40. The van der Waals surface area contributed by atoms with Crippen LogP contribution in [-0.4, -0.2) is 10.1 Å². The van der Waals surface area contributed by atoms with Crippen LogP contribution in [0.15, 0.2) is 5.51 Å². The summed E-state index contributed by atoms with van der Waals surface area (Å²) in [4.78, 5) is 4.62. The number of hydrogen-bond acceptors (Lipinski definition) is 3. The Labute approximate surface area is 51.8 Å². The molecule has 0 saturated heterocycles. The van der Waals surface area contributed by atoms with Gasteiger partial charge in [-0.15, -0.1) is 11.3 Å². The van der Waals surface area contributed by atoms with Crippen LogP contribution in [0.25, 0.3) is 0 Å². The lowest BCUT2D eigenvalue weighted by Gasteiger charge is -1.84. The highest BCUT2D eigenvalue weighted by atomic mass is 32.1. The second-order valence-corrected chi connectivity index (χ2v) is 2.39. The van der Waals surface area contributed by atoms with Gasteiger partial charge >= 0.3 is 0 Å². The van der Waals surface area contributed by atoms with Crippen LogP contribution in [0.2, 0.25) is 0 Å². The first kappa shape index (κ1) is 5.56. The van der Waals surface area contributed by atoms with E-state index in [1.54, 1.807) is 5.51 Å². The Bertz CT molecular complexity index is 173. The molecule has 0 unspecified atom stereocenters. The minimum absolute atomic E-state index is 0.192. The molecular formula is C5H7NOS. The van der Waals surface area contributed by atoms with Gasteiger partial charge in [0.25, 0.3) is 0 Å². The van der Waals surface area contributed by atoms with Crippen molar-refractivity contribution in [3.8, 4) is 5.88 Å². The fourth-order valence-electron chi connectivity index (χ4n) is 0.506. The standard InChI is InChI=1S/C5H7NOS/c1-2-4-5(7)6-3-8-4/h3,7H,2H2,1H3. The van der Waals surface area contributed by atoms with E-state index < -0.39 is 0 Å². The summed E-state index contributed by atoms with van der Waals surface area (Å²) in [5.74, 6) is 0.192. The number of nitrogens with zero attached hydrogens (tertiary/aromatic N) is 1. The smallest absolute Gasteiger partial charge is 0.225 e. The summed E-state index contributed by atoms with van der Waals surface area (Å²) in [6, 6.07) is 0. The van der Waals surface area contributed by atoms with Crippen LogP contribution < -0.4 is 0 Å². The normalized spacial score (nSPS) is 9.62. The van der Waals surface area contributed by atoms with Crippen molar-refractivity contribution in [3.63, 3.8) is 0 Å². The van der Waals surface area contributed by atoms with Crippen molar-refractivity contribution in [2.75, 3.05) is 0 Å². The van der Waals surface area contributed by atoms with Gasteiger partial charge in [-0.3, -0.25) is 0 Å². The Morgan fingerprint density at radius 3 is 2.88 bits per heavy atom. The molecule has 1 heterocycles. The molecule has 1 aromatic heterocycles. The second-order valence-electron chi connectivity index (χ2n) is 1.45. The molecule has 1 rings (SSSR count). The SMILES string of the molecule is CCc1scnc1O. The molecule has 0 radical (unpaired) electrons. The van der Waals surface area contributed by atoms with Crippen molar-refractivity contribution < 1.29 is 5.11 Å². The van der Waals surface area contributed by atoms with Crippen molar-refractivity contribution in [3.05, 3.63) is 10.4 Å². The molecule has 1 N–H and O–H groups in total. The minimum Gasteiger partial charge on any atom is -0.492 e. The van der Waals surface area contributed by atoms with Gasteiger partial charge in [-0.2, -0.15) is 0 Å². The van der Waals surface area contributed by atoms with Crippen LogP contribution in [0.3, 0.4) is 0 Å². The summed E-state index contributed by atoms with van der Waals surface area (Å²) >= 11 is 1.49. The number of thiazole rings is 1. The molecule has 0 bridgehead atoms. The predicted molar refractivity (Wildman–Crippen MR) is 33.2 cm³/mol. The third-order valence-corrected chi connectivity index (χ3v) is 1.91. The Balaban J connectivity index is 2.92. The number of aromatic nitrogens is 1. The third-order valence-electron chi connectivity index (χ3n) is 0.940. The first-order chi connectivity index (χ1) is 3.84. The van der Waals surface area contributed by atoms with Gasteiger partial charge in [0.15, 0.2) is 0 Å². The van der Waals surface area contributed by atoms with Crippen LogP contribution in [0.1, 0.15) is 11.8 Å². The van der Waals surface area contributed by atoms with E-state index >= 15 is 0 Å². The summed E-state index contributed by atoms with van der Waals surface area (Å²) in [7, 11) is 0. The van der Waals surface area contributed by atoms with Gasteiger partial charge in [-0.05, 0) is 6.42 Å². The highest BCUT2D eigenvalue weighted by Gasteiger charge is 1.97. The average molecular weight is 129 g/mol. The van der Waals surface area contributed by atoms with Crippen molar-refractivity contribution in [1.29, 1.82) is 0 Å².